The normalized spacial score (nSPS) is 16.6. The third kappa shape index (κ3) is 5.73. The van der Waals surface area contributed by atoms with Gasteiger partial charge in [0.1, 0.15) is 0 Å². The van der Waals surface area contributed by atoms with Gasteiger partial charge in [-0.1, -0.05) is 13.8 Å². The molecule has 0 bridgehead atoms. The highest BCUT2D eigenvalue weighted by Gasteiger charge is 2.31. The minimum absolute atomic E-state index is 0.0297. The molecule has 0 atom stereocenters. The molecule has 6 nitrogen and oxygen atoms in total. The van der Waals surface area contributed by atoms with Crippen molar-refractivity contribution < 1.29 is 24.2 Å². The number of piperidine rings is 1. The topological polar surface area (TPSA) is 83.9 Å². The van der Waals surface area contributed by atoms with Gasteiger partial charge >= 0.3 is 11.9 Å². The second kappa shape index (κ2) is 7.43. The molecule has 0 unspecified atom stereocenters. The second-order valence-corrected chi connectivity index (χ2v) is 6.32. The number of esters is 1. The van der Waals surface area contributed by atoms with Gasteiger partial charge in [0, 0.05) is 19.5 Å². The minimum Gasteiger partial charge on any atom is -0.481 e. The zero-order valence-electron chi connectivity index (χ0n) is 13.1. The largest absolute Gasteiger partial charge is 0.481 e. The van der Waals surface area contributed by atoms with Gasteiger partial charge in [-0.05, 0) is 25.2 Å². The Morgan fingerprint density at radius 1 is 1.19 bits per heavy atom. The van der Waals surface area contributed by atoms with Crippen LogP contribution in [0.5, 0.6) is 0 Å². The molecule has 0 radical (unpaired) electrons. The predicted octanol–water partition coefficient (Wildman–Crippen LogP) is 1.68. The van der Waals surface area contributed by atoms with Gasteiger partial charge in [-0.2, -0.15) is 0 Å². The second-order valence-electron chi connectivity index (χ2n) is 6.32. The van der Waals surface area contributed by atoms with E-state index in [4.69, 9.17) is 9.84 Å². The van der Waals surface area contributed by atoms with Crippen LogP contribution < -0.4 is 0 Å². The highest BCUT2D eigenvalue weighted by atomic mass is 16.5. The van der Waals surface area contributed by atoms with Gasteiger partial charge in [0.05, 0.1) is 18.9 Å². The number of rotatable bonds is 6. The van der Waals surface area contributed by atoms with Gasteiger partial charge in [-0.15, -0.1) is 0 Å². The van der Waals surface area contributed by atoms with Crippen molar-refractivity contribution in [2.75, 3.05) is 19.7 Å². The summed E-state index contributed by atoms with van der Waals surface area (Å²) in [6, 6.07) is 0. The van der Waals surface area contributed by atoms with Gasteiger partial charge in [0.25, 0.3) is 0 Å². The quantitative estimate of drug-likeness (QED) is 0.754. The molecule has 0 aromatic rings. The lowest BCUT2D eigenvalue weighted by Crippen LogP contribution is -2.42. The van der Waals surface area contributed by atoms with Crippen molar-refractivity contribution in [3.63, 3.8) is 0 Å². The standard InChI is InChI=1S/C15H25NO5/c1-4-21-14(20)11-5-7-16(8-6-11)12(17)9-15(2,3)10-13(18)19/h11H,4-10H2,1-3H3,(H,18,19). The Hall–Kier alpha value is -1.59. The molecule has 0 saturated carbocycles. The Morgan fingerprint density at radius 3 is 2.24 bits per heavy atom. The fourth-order valence-corrected chi connectivity index (χ4v) is 2.62. The number of carbonyl (C=O) groups is 3. The number of ether oxygens (including phenoxy) is 1. The third-order valence-electron chi connectivity index (χ3n) is 3.73. The van der Waals surface area contributed by atoms with Gasteiger partial charge in [-0.3, -0.25) is 14.4 Å². The van der Waals surface area contributed by atoms with E-state index in [9.17, 15) is 14.4 Å². The Kier molecular flexibility index (Phi) is 6.18. The first-order valence-electron chi connectivity index (χ1n) is 7.41. The zero-order chi connectivity index (χ0) is 16.0. The molecule has 0 aromatic carbocycles. The molecule has 1 N–H and O–H groups in total. The highest BCUT2D eigenvalue weighted by molar-refractivity contribution is 5.79. The molecular weight excluding hydrogens is 274 g/mol. The Morgan fingerprint density at radius 2 is 1.76 bits per heavy atom. The van der Waals surface area contributed by atoms with Crippen LogP contribution in [-0.2, 0) is 19.1 Å². The van der Waals surface area contributed by atoms with Crippen LogP contribution in [-0.4, -0.2) is 47.5 Å². The molecule has 1 heterocycles. The first kappa shape index (κ1) is 17.5. The summed E-state index contributed by atoms with van der Waals surface area (Å²) in [4.78, 5) is 36.3. The average molecular weight is 299 g/mol. The Labute approximate surface area is 125 Å². The first-order chi connectivity index (χ1) is 9.75. The molecule has 21 heavy (non-hydrogen) atoms. The number of hydrogen-bond acceptors (Lipinski definition) is 4. The summed E-state index contributed by atoms with van der Waals surface area (Å²) >= 11 is 0. The molecule has 1 saturated heterocycles. The van der Waals surface area contributed by atoms with Crippen LogP contribution in [0.3, 0.4) is 0 Å². The van der Waals surface area contributed by atoms with E-state index in [1.807, 2.05) is 0 Å². The minimum atomic E-state index is -0.895. The number of nitrogens with zero attached hydrogens (tertiary/aromatic N) is 1. The van der Waals surface area contributed by atoms with E-state index in [2.05, 4.69) is 0 Å². The van der Waals surface area contributed by atoms with Crippen molar-refractivity contribution in [1.82, 2.24) is 4.90 Å². The fourth-order valence-electron chi connectivity index (χ4n) is 2.62. The van der Waals surface area contributed by atoms with E-state index in [0.29, 0.717) is 32.5 Å². The summed E-state index contributed by atoms with van der Waals surface area (Å²) in [7, 11) is 0. The molecule has 1 fully saturated rings. The van der Waals surface area contributed by atoms with E-state index >= 15 is 0 Å². The molecule has 6 heteroatoms. The third-order valence-corrected chi connectivity index (χ3v) is 3.73. The van der Waals surface area contributed by atoms with Crippen molar-refractivity contribution in [3.8, 4) is 0 Å². The Balaban J connectivity index is 2.45. The lowest BCUT2D eigenvalue weighted by atomic mass is 9.84. The van der Waals surface area contributed by atoms with Crippen molar-refractivity contribution in [2.24, 2.45) is 11.3 Å². The molecular formula is C15H25NO5. The maximum absolute atomic E-state index is 12.2. The summed E-state index contributed by atoms with van der Waals surface area (Å²) in [5.41, 5.74) is -0.555. The Bertz CT molecular complexity index is 397. The molecule has 1 aliphatic heterocycles. The fraction of sp³-hybridized carbons (Fsp3) is 0.800. The smallest absolute Gasteiger partial charge is 0.309 e. The van der Waals surface area contributed by atoms with Crippen molar-refractivity contribution in [2.45, 2.75) is 46.5 Å². The van der Waals surface area contributed by atoms with Crippen LogP contribution in [0.4, 0.5) is 0 Å². The number of carboxylic acid groups (broad SMARTS) is 1. The van der Waals surface area contributed by atoms with Gasteiger partial charge < -0.3 is 14.7 Å². The molecule has 1 amide bonds. The van der Waals surface area contributed by atoms with Gasteiger partial charge in [0.15, 0.2) is 0 Å². The summed E-state index contributed by atoms with van der Waals surface area (Å²) < 4.78 is 4.99. The van der Waals surface area contributed by atoms with Crippen LogP contribution in [0.25, 0.3) is 0 Å². The van der Waals surface area contributed by atoms with Crippen LogP contribution in [0.15, 0.2) is 0 Å². The summed E-state index contributed by atoms with van der Waals surface area (Å²) in [5.74, 6) is -1.24. The van der Waals surface area contributed by atoms with Crippen LogP contribution in [0.1, 0.15) is 46.5 Å². The summed E-state index contributed by atoms with van der Waals surface area (Å²) in [6.45, 7) is 6.79. The molecule has 0 spiro atoms. The van der Waals surface area contributed by atoms with Crippen LogP contribution in [0.2, 0.25) is 0 Å². The van der Waals surface area contributed by atoms with Gasteiger partial charge in [-0.25, -0.2) is 0 Å². The molecule has 1 rings (SSSR count). The number of carboxylic acids is 1. The number of likely N-dealkylation sites (tertiary alicyclic amines) is 1. The lowest BCUT2D eigenvalue weighted by Gasteiger charge is -2.33. The van der Waals surface area contributed by atoms with E-state index in [0.717, 1.165) is 0 Å². The van der Waals surface area contributed by atoms with E-state index < -0.39 is 11.4 Å². The predicted molar refractivity (Wildman–Crippen MR) is 76.6 cm³/mol. The zero-order valence-corrected chi connectivity index (χ0v) is 13.1. The number of amides is 1. The maximum Gasteiger partial charge on any atom is 0.309 e. The van der Waals surface area contributed by atoms with Crippen LogP contribution >= 0.6 is 0 Å². The lowest BCUT2D eigenvalue weighted by molar-refractivity contribution is -0.151. The van der Waals surface area contributed by atoms with Crippen molar-refractivity contribution in [3.05, 3.63) is 0 Å². The number of hydrogen-bond donors (Lipinski definition) is 1. The maximum atomic E-state index is 12.2. The molecule has 0 aromatic heterocycles. The van der Waals surface area contributed by atoms with Crippen molar-refractivity contribution in [1.29, 1.82) is 0 Å². The van der Waals surface area contributed by atoms with Crippen LogP contribution in [0, 0.1) is 11.3 Å². The molecule has 120 valence electrons. The van der Waals surface area contributed by atoms with E-state index in [-0.39, 0.29) is 30.6 Å². The van der Waals surface area contributed by atoms with Gasteiger partial charge in [0.2, 0.25) is 5.91 Å². The monoisotopic (exact) mass is 299 g/mol. The number of carbonyl (C=O) groups excluding carboxylic acids is 2. The summed E-state index contributed by atoms with van der Waals surface area (Å²) in [6.07, 6.45) is 1.41. The average Bonchev–Trinajstić information content (AvgIpc) is 2.37. The molecule has 1 aliphatic rings. The van der Waals surface area contributed by atoms with E-state index in [1.54, 1.807) is 25.7 Å². The first-order valence-corrected chi connectivity index (χ1v) is 7.41. The molecule has 0 aliphatic carbocycles. The number of aliphatic carboxylic acids is 1. The highest BCUT2D eigenvalue weighted by Crippen LogP contribution is 2.27. The summed E-state index contributed by atoms with van der Waals surface area (Å²) in [5, 5.41) is 8.84. The van der Waals surface area contributed by atoms with Crippen molar-refractivity contribution >= 4 is 17.8 Å². The SMILES string of the molecule is CCOC(=O)C1CCN(C(=O)CC(C)(C)CC(=O)O)CC1. The van der Waals surface area contributed by atoms with E-state index in [1.165, 1.54) is 0 Å².